The van der Waals surface area contributed by atoms with Gasteiger partial charge in [-0.2, -0.15) is 0 Å². The molecule has 8 heteroatoms. The van der Waals surface area contributed by atoms with Crippen molar-refractivity contribution in [1.82, 2.24) is 24.9 Å². The lowest BCUT2D eigenvalue weighted by Crippen LogP contribution is -2.21. The second-order valence-electron chi connectivity index (χ2n) is 3.65. The minimum absolute atomic E-state index is 0.142. The van der Waals surface area contributed by atoms with Gasteiger partial charge < -0.3 is 9.97 Å². The molecule has 0 fully saturated rings. The lowest BCUT2D eigenvalue weighted by atomic mass is 10.3. The Hall–Kier alpha value is -2.90. The van der Waals surface area contributed by atoms with Crippen LogP contribution in [-0.4, -0.2) is 24.9 Å². The number of hydrogen-bond acceptors (Lipinski definition) is 4. The van der Waals surface area contributed by atoms with Gasteiger partial charge in [-0.25, -0.2) is 9.78 Å². The molecule has 0 saturated heterocycles. The molecule has 0 aromatic carbocycles. The first kappa shape index (κ1) is 10.3. The van der Waals surface area contributed by atoms with Gasteiger partial charge in [0.15, 0.2) is 11.5 Å². The van der Waals surface area contributed by atoms with Crippen LogP contribution in [0.15, 0.2) is 32.6 Å². The second kappa shape index (κ2) is 3.55. The van der Waals surface area contributed by atoms with E-state index in [1.165, 1.54) is 6.07 Å². The van der Waals surface area contributed by atoms with Crippen LogP contribution in [0.25, 0.3) is 22.7 Å². The highest BCUT2D eigenvalue weighted by molar-refractivity contribution is 5.73. The van der Waals surface area contributed by atoms with E-state index >= 15 is 0 Å². The van der Waals surface area contributed by atoms with Crippen LogP contribution in [0.3, 0.4) is 0 Å². The molecule has 0 bridgehead atoms. The van der Waals surface area contributed by atoms with Gasteiger partial charge in [0.1, 0.15) is 5.52 Å². The highest BCUT2D eigenvalue weighted by Gasteiger charge is 2.09. The first-order chi connectivity index (χ1) is 8.63. The largest absolute Gasteiger partial charge is 0.331 e. The van der Waals surface area contributed by atoms with E-state index in [-0.39, 0.29) is 16.7 Å². The molecule has 3 heterocycles. The minimum atomic E-state index is -0.632. The predicted molar refractivity (Wildman–Crippen MR) is 63.4 cm³/mol. The van der Waals surface area contributed by atoms with Gasteiger partial charge in [-0.05, 0) is 6.07 Å². The highest BCUT2D eigenvalue weighted by Crippen LogP contribution is 2.12. The van der Waals surface area contributed by atoms with Crippen LogP contribution in [0.2, 0.25) is 0 Å². The van der Waals surface area contributed by atoms with Crippen molar-refractivity contribution in [3.63, 3.8) is 0 Å². The van der Waals surface area contributed by atoms with Gasteiger partial charge in [-0.1, -0.05) is 6.07 Å². The molecular weight excluding hydrogens is 238 g/mol. The van der Waals surface area contributed by atoms with Crippen LogP contribution in [-0.2, 0) is 0 Å². The molecule has 0 unspecified atom stereocenters. The summed E-state index contributed by atoms with van der Waals surface area (Å²) in [6, 6.07) is 4.56. The van der Waals surface area contributed by atoms with Crippen molar-refractivity contribution in [2.75, 3.05) is 0 Å². The first-order valence-electron chi connectivity index (χ1n) is 5.05. The number of aromatic amines is 4. The Morgan fingerprint density at radius 2 is 1.78 bits per heavy atom. The summed E-state index contributed by atoms with van der Waals surface area (Å²) in [7, 11) is 0. The monoisotopic (exact) mass is 245 g/mol. The molecule has 0 spiro atoms. The third-order valence-corrected chi connectivity index (χ3v) is 2.41. The molecular formula is C10H7N5O3. The Morgan fingerprint density at radius 1 is 0.944 bits per heavy atom. The van der Waals surface area contributed by atoms with Crippen molar-refractivity contribution >= 4 is 11.2 Å². The molecule has 0 radical (unpaired) electrons. The number of nitrogens with zero attached hydrogens (tertiary/aromatic N) is 1. The maximum Gasteiger partial charge on any atom is 0.327 e. The topological polar surface area (TPSA) is 127 Å². The zero-order chi connectivity index (χ0) is 12.7. The maximum atomic E-state index is 11.5. The third kappa shape index (κ3) is 1.56. The van der Waals surface area contributed by atoms with Crippen molar-refractivity contribution in [3.05, 3.63) is 49.4 Å². The predicted octanol–water partition coefficient (Wildman–Crippen LogP) is -0.705. The van der Waals surface area contributed by atoms with E-state index in [1.807, 2.05) is 0 Å². The molecule has 18 heavy (non-hydrogen) atoms. The first-order valence-corrected chi connectivity index (χ1v) is 5.05. The molecule has 4 N–H and O–H groups in total. The van der Waals surface area contributed by atoms with Crippen molar-refractivity contribution in [1.29, 1.82) is 0 Å². The Morgan fingerprint density at radius 3 is 2.56 bits per heavy atom. The number of fused-ring (bicyclic) bond motifs is 1. The number of pyridine rings is 1. The smallest absolute Gasteiger partial charge is 0.327 e. The SMILES string of the molecule is O=c1cccc(-c2nc3[nH]c(=O)[nH]c(=O)c3[nH]2)[nH]1. The number of imidazole rings is 1. The van der Waals surface area contributed by atoms with E-state index in [0.717, 1.165) is 0 Å². The van der Waals surface area contributed by atoms with Crippen molar-refractivity contribution in [2.45, 2.75) is 0 Å². The van der Waals surface area contributed by atoms with Crippen molar-refractivity contribution < 1.29 is 0 Å². The van der Waals surface area contributed by atoms with Crippen LogP contribution in [0.1, 0.15) is 0 Å². The zero-order valence-corrected chi connectivity index (χ0v) is 8.90. The fraction of sp³-hybridized carbons (Fsp3) is 0. The molecule has 0 amide bonds. The molecule has 0 aliphatic heterocycles. The fourth-order valence-corrected chi connectivity index (χ4v) is 1.65. The molecule has 3 aromatic rings. The average molecular weight is 245 g/mol. The zero-order valence-electron chi connectivity index (χ0n) is 8.90. The summed E-state index contributed by atoms with van der Waals surface area (Å²) in [5.41, 5.74) is -0.759. The molecule has 0 atom stereocenters. The number of rotatable bonds is 1. The van der Waals surface area contributed by atoms with Crippen molar-refractivity contribution in [2.24, 2.45) is 0 Å². The average Bonchev–Trinajstić information content (AvgIpc) is 2.73. The van der Waals surface area contributed by atoms with Crippen LogP contribution in [0.5, 0.6) is 0 Å². The summed E-state index contributed by atoms with van der Waals surface area (Å²) in [4.78, 5) is 47.6. The quantitative estimate of drug-likeness (QED) is 0.451. The molecule has 0 aliphatic rings. The Kier molecular flexibility index (Phi) is 2.03. The van der Waals surface area contributed by atoms with E-state index in [1.54, 1.807) is 12.1 Å². The Bertz CT molecular complexity index is 898. The van der Waals surface area contributed by atoms with Gasteiger partial charge in [-0.3, -0.25) is 19.6 Å². The normalized spacial score (nSPS) is 10.9. The van der Waals surface area contributed by atoms with Gasteiger partial charge in [-0.15, -0.1) is 0 Å². The Labute approximate surface area is 97.7 Å². The van der Waals surface area contributed by atoms with E-state index in [4.69, 9.17) is 0 Å². The number of hydrogen-bond donors (Lipinski definition) is 4. The van der Waals surface area contributed by atoms with Gasteiger partial charge in [0, 0.05) is 6.07 Å². The summed E-state index contributed by atoms with van der Waals surface area (Å²) in [6.45, 7) is 0. The molecule has 90 valence electrons. The second-order valence-corrected chi connectivity index (χ2v) is 3.65. The fourth-order valence-electron chi connectivity index (χ4n) is 1.65. The van der Waals surface area contributed by atoms with E-state index in [0.29, 0.717) is 11.5 Å². The van der Waals surface area contributed by atoms with Gasteiger partial charge in [0.05, 0.1) is 5.69 Å². The summed E-state index contributed by atoms with van der Waals surface area (Å²) < 4.78 is 0. The van der Waals surface area contributed by atoms with E-state index < -0.39 is 11.2 Å². The van der Waals surface area contributed by atoms with Crippen molar-refractivity contribution in [3.8, 4) is 11.5 Å². The lowest BCUT2D eigenvalue weighted by molar-refractivity contribution is 1.07. The summed E-state index contributed by atoms with van der Waals surface area (Å²) >= 11 is 0. The molecule has 0 aliphatic carbocycles. The maximum absolute atomic E-state index is 11.5. The summed E-state index contributed by atoms with van der Waals surface area (Å²) in [5, 5.41) is 0. The summed E-state index contributed by atoms with van der Waals surface area (Å²) in [6.07, 6.45) is 0. The Balaban J connectivity index is 2.32. The van der Waals surface area contributed by atoms with Crippen LogP contribution in [0.4, 0.5) is 0 Å². The summed E-state index contributed by atoms with van der Waals surface area (Å²) in [5.74, 6) is 0.301. The van der Waals surface area contributed by atoms with Crippen LogP contribution in [0, 0.1) is 0 Å². The number of nitrogens with one attached hydrogen (secondary N) is 4. The number of H-pyrrole nitrogens is 4. The van der Waals surface area contributed by atoms with E-state index in [2.05, 4.69) is 24.9 Å². The van der Waals surface area contributed by atoms with Gasteiger partial charge in [0.2, 0.25) is 5.56 Å². The van der Waals surface area contributed by atoms with Gasteiger partial charge in [0.25, 0.3) is 5.56 Å². The third-order valence-electron chi connectivity index (χ3n) is 2.41. The number of aromatic nitrogens is 5. The lowest BCUT2D eigenvalue weighted by Gasteiger charge is -1.93. The standard InChI is InChI=1S/C10H7N5O3/c16-5-3-1-2-4(11-5)7-12-6-8(13-7)14-10(18)15-9(6)17/h1-3H,(H,11,16)(H3,12,13,14,15,17,18). The molecule has 3 aromatic heterocycles. The van der Waals surface area contributed by atoms with Gasteiger partial charge >= 0.3 is 5.69 Å². The molecule has 8 nitrogen and oxygen atoms in total. The van der Waals surface area contributed by atoms with E-state index in [9.17, 15) is 14.4 Å². The molecule has 3 rings (SSSR count). The van der Waals surface area contributed by atoms with Crippen LogP contribution >= 0.6 is 0 Å². The highest BCUT2D eigenvalue weighted by atomic mass is 16.2. The minimum Gasteiger partial charge on any atom is -0.331 e. The van der Waals surface area contributed by atoms with Crippen LogP contribution < -0.4 is 16.8 Å². The molecule has 0 saturated carbocycles.